The highest BCUT2D eigenvalue weighted by atomic mass is 35.5. The molecule has 72 valence electrons. The van der Waals surface area contributed by atoms with E-state index >= 15 is 0 Å². The molecule has 1 heterocycles. The molecule has 12 heavy (non-hydrogen) atoms. The molecule has 1 fully saturated rings. The number of rotatable bonds is 2. The van der Waals surface area contributed by atoms with Crippen LogP contribution in [0.4, 0.5) is 0 Å². The molecule has 0 saturated carbocycles. The predicted octanol–water partition coefficient (Wildman–Crippen LogP) is -0.353. The topological polar surface area (TPSA) is 78.3 Å². The molecule has 0 spiro atoms. The van der Waals surface area contributed by atoms with E-state index in [1.807, 2.05) is 0 Å². The third-order valence-electron chi connectivity index (χ3n) is 2.10. The van der Waals surface area contributed by atoms with E-state index in [1.165, 1.54) is 0 Å². The van der Waals surface area contributed by atoms with Gasteiger partial charge in [0.05, 0.1) is 6.04 Å². The van der Waals surface area contributed by atoms with E-state index in [0.717, 1.165) is 12.8 Å². The Kier molecular flexibility index (Phi) is 5.20. The number of hydrogen-bond donors (Lipinski definition) is 2. The van der Waals surface area contributed by atoms with Crippen LogP contribution < -0.4 is 11.5 Å². The average molecular weight is 195 g/mol. The van der Waals surface area contributed by atoms with Crippen molar-refractivity contribution in [1.82, 2.24) is 0 Å². The molecule has 1 aliphatic rings. The highest BCUT2D eigenvalue weighted by Crippen LogP contribution is 2.16. The number of nitrogens with two attached hydrogens (primary N) is 2. The number of carbonyl (C=O) groups excluding carboxylic acids is 1. The molecule has 4 nitrogen and oxygen atoms in total. The Morgan fingerprint density at radius 3 is 2.33 bits per heavy atom. The summed E-state index contributed by atoms with van der Waals surface area (Å²) in [6.07, 6.45) is 1.70. The fraction of sp³-hybridized carbons (Fsp3) is 0.857. The van der Waals surface area contributed by atoms with Crippen LogP contribution in [0.3, 0.4) is 0 Å². The molecule has 1 rings (SSSR count). The van der Waals surface area contributed by atoms with Crippen LogP contribution >= 0.6 is 12.4 Å². The summed E-state index contributed by atoms with van der Waals surface area (Å²) in [5.74, 6) is -0.182. The minimum atomic E-state index is -0.487. The predicted molar refractivity (Wildman–Crippen MR) is 48.0 cm³/mol. The first kappa shape index (κ1) is 11.7. The van der Waals surface area contributed by atoms with Crippen molar-refractivity contribution in [2.75, 3.05) is 13.2 Å². The van der Waals surface area contributed by atoms with Crippen molar-refractivity contribution in [2.45, 2.75) is 18.9 Å². The Hall–Kier alpha value is -0.320. The van der Waals surface area contributed by atoms with E-state index in [1.54, 1.807) is 0 Å². The molecule has 0 aromatic heterocycles. The lowest BCUT2D eigenvalue weighted by molar-refractivity contribution is -0.121. The summed E-state index contributed by atoms with van der Waals surface area (Å²) in [5.41, 5.74) is 10.6. The molecule has 0 aromatic rings. The molecule has 0 radical (unpaired) electrons. The zero-order chi connectivity index (χ0) is 8.27. The smallest absolute Gasteiger partial charge is 0.234 e. The van der Waals surface area contributed by atoms with Gasteiger partial charge in [-0.1, -0.05) is 0 Å². The Morgan fingerprint density at radius 1 is 1.42 bits per heavy atom. The summed E-state index contributed by atoms with van der Waals surface area (Å²) >= 11 is 0. The molecular formula is C7H15ClN2O2. The molecule has 1 unspecified atom stereocenters. The first-order valence-corrected chi connectivity index (χ1v) is 3.84. The Labute approximate surface area is 78.0 Å². The summed E-state index contributed by atoms with van der Waals surface area (Å²) < 4.78 is 5.12. The van der Waals surface area contributed by atoms with Crippen molar-refractivity contribution in [1.29, 1.82) is 0 Å². The zero-order valence-corrected chi connectivity index (χ0v) is 7.68. The summed E-state index contributed by atoms with van der Waals surface area (Å²) in [7, 11) is 0. The summed E-state index contributed by atoms with van der Waals surface area (Å²) in [6, 6.07) is -0.487. The van der Waals surface area contributed by atoms with Gasteiger partial charge in [-0.25, -0.2) is 0 Å². The molecule has 1 aliphatic heterocycles. The van der Waals surface area contributed by atoms with E-state index in [-0.39, 0.29) is 18.3 Å². The quantitative estimate of drug-likeness (QED) is 0.631. The lowest BCUT2D eigenvalue weighted by atomic mass is 9.92. The monoisotopic (exact) mass is 194 g/mol. The van der Waals surface area contributed by atoms with Gasteiger partial charge >= 0.3 is 0 Å². The van der Waals surface area contributed by atoms with Gasteiger partial charge in [-0.2, -0.15) is 0 Å². The van der Waals surface area contributed by atoms with Gasteiger partial charge in [-0.15, -0.1) is 12.4 Å². The summed E-state index contributed by atoms with van der Waals surface area (Å²) in [6.45, 7) is 1.40. The fourth-order valence-corrected chi connectivity index (χ4v) is 1.31. The number of carbonyl (C=O) groups is 1. The van der Waals surface area contributed by atoms with Crippen LogP contribution in [0.5, 0.6) is 0 Å². The van der Waals surface area contributed by atoms with E-state index in [9.17, 15) is 4.79 Å². The number of amides is 1. The van der Waals surface area contributed by atoms with E-state index < -0.39 is 11.9 Å². The minimum absolute atomic E-state index is 0. The lowest BCUT2D eigenvalue weighted by Gasteiger charge is -2.25. The molecule has 0 aliphatic carbocycles. The van der Waals surface area contributed by atoms with Gasteiger partial charge in [0.15, 0.2) is 0 Å². The third-order valence-corrected chi connectivity index (χ3v) is 2.10. The van der Waals surface area contributed by atoms with Gasteiger partial charge in [0.25, 0.3) is 0 Å². The van der Waals surface area contributed by atoms with Crippen LogP contribution in [0.2, 0.25) is 0 Å². The van der Waals surface area contributed by atoms with Crippen LogP contribution in [0.25, 0.3) is 0 Å². The van der Waals surface area contributed by atoms with E-state index in [2.05, 4.69) is 0 Å². The first-order chi connectivity index (χ1) is 5.22. The minimum Gasteiger partial charge on any atom is -0.381 e. The molecule has 1 saturated heterocycles. The Bertz CT molecular complexity index is 148. The highest BCUT2D eigenvalue weighted by molar-refractivity contribution is 5.85. The van der Waals surface area contributed by atoms with E-state index in [4.69, 9.17) is 16.2 Å². The van der Waals surface area contributed by atoms with Crippen molar-refractivity contribution in [2.24, 2.45) is 17.4 Å². The maximum absolute atomic E-state index is 10.7. The molecule has 1 amide bonds. The maximum Gasteiger partial charge on any atom is 0.234 e. The van der Waals surface area contributed by atoms with Crippen LogP contribution in [-0.4, -0.2) is 25.2 Å². The van der Waals surface area contributed by atoms with Gasteiger partial charge in [0.2, 0.25) is 5.91 Å². The van der Waals surface area contributed by atoms with E-state index in [0.29, 0.717) is 13.2 Å². The van der Waals surface area contributed by atoms with Crippen molar-refractivity contribution in [3.05, 3.63) is 0 Å². The highest BCUT2D eigenvalue weighted by Gasteiger charge is 2.24. The molecular weight excluding hydrogens is 180 g/mol. The van der Waals surface area contributed by atoms with Crippen molar-refractivity contribution < 1.29 is 9.53 Å². The van der Waals surface area contributed by atoms with Gasteiger partial charge in [-0.05, 0) is 18.8 Å². The number of hydrogen-bond acceptors (Lipinski definition) is 3. The second-order valence-electron chi connectivity index (χ2n) is 2.88. The van der Waals surface area contributed by atoms with Crippen LogP contribution in [0, 0.1) is 5.92 Å². The van der Waals surface area contributed by atoms with Crippen molar-refractivity contribution in [3.63, 3.8) is 0 Å². The molecule has 0 aromatic carbocycles. The van der Waals surface area contributed by atoms with Gasteiger partial charge < -0.3 is 16.2 Å². The Balaban J connectivity index is 0.00000121. The summed E-state index contributed by atoms with van der Waals surface area (Å²) in [4.78, 5) is 10.7. The molecule has 5 heteroatoms. The second-order valence-corrected chi connectivity index (χ2v) is 2.88. The van der Waals surface area contributed by atoms with Gasteiger partial charge in [0, 0.05) is 13.2 Å². The van der Waals surface area contributed by atoms with Crippen LogP contribution in [0.1, 0.15) is 12.8 Å². The number of halogens is 1. The average Bonchev–Trinajstić information content (AvgIpc) is 2.05. The fourth-order valence-electron chi connectivity index (χ4n) is 1.31. The van der Waals surface area contributed by atoms with Gasteiger partial charge in [-0.3, -0.25) is 4.79 Å². The summed E-state index contributed by atoms with van der Waals surface area (Å²) in [5, 5.41) is 0. The van der Waals surface area contributed by atoms with Gasteiger partial charge in [0.1, 0.15) is 0 Å². The van der Waals surface area contributed by atoms with Crippen molar-refractivity contribution in [3.8, 4) is 0 Å². The zero-order valence-electron chi connectivity index (χ0n) is 6.86. The standard InChI is InChI=1S/C7H14N2O2.ClH/c8-6(7(9)10)5-1-3-11-4-2-5;/h5-6H,1-4,8H2,(H2,9,10);1H. The second kappa shape index (κ2) is 5.35. The molecule has 1 atom stereocenters. The number of ether oxygens (including phenoxy) is 1. The largest absolute Gasteiger partial charge is 0.381 e. The van der Waals surface area contributed by atoms with Crippen LogP contribution in [-0.2, 0) is 9.53 Å². The number of primary amides is 1. The van der Waals surface area contributed by atoms with Crippen molar-refractivity contribution >= 4 is 18.3 Å². The maximum atomic E-state index is 10.7. The third kappa shape index (κ3) is 2.97. The normalized spacial score (nSPS) is 21.1. The molecule has 0 bridgehead atoms. The molecule has 4 N–H and O–H groups in total. The first-order valence-electron chi connectivity index (χ1n) is 3.84. The van der Waals surface area contributed by atoms with Crippen LogP contribution in [0.15, 0.2) is 0 Å². The Morgan fingerprint density at radius 2 is 1.92 bits per heavy atom. The lowest BCUT2D eigenvalue weighted by Crippen LogP contribution is -2.44. The SMILES string of the molecule is Cl.NC(=O)C(N)C1CCOCC1.